The van der Waals surface area contributed by atoms with Crippen LogP contribution in [0.4, 0.5) is 11.5 Å². The Kier molecular flexibility index (Phi) is 3.92. The maximum atomic E-state index is 8.67. The molecule has 0 saturated heterocycles. The van der Waals surface area contributed by atoms with Crippen molar-refractivity contribution in [1.82, 2.24) is 4.98 Å². The van der Waals surface area contributed by atoms with Gasteiger partial charge in [0.15, 0.2) is 5.82 Å². The number of nitrogens with zero attached hydrogens (tertiary/aromatic N) is 3. The fraction of sp³-hybridized carbons (Fsp3) is 0.455. The smallest absolute Gasteiger partial charge is 0.151 e. The molecule has 0 saturated carbocycles. The second-order valence-corrected chi connectivity index (χ2v) is 3.52. The SMILES string of the molecule is CCCCN(C)c1ncc(C#N)cc1N. The molecular weight excluding hydrogens is 188 g/mol. The molecule has 0 aliphatic carbocycles. The molecule has 0 bridgehead atoms. The van der Waals surface area contributed by atoms with E-state index in [1.165, 1.54) is 0 Å². The van der Waals surface area contributed by atoms with Crippen molar-refractivity contribution in [2.24, 2.45) is 0 Å². The standard InChI is InChI=1S/C11H16N4/c1-3-4-5-15(2)11-10(13)6-9(7-12)8-14-11/h6,8H,3-5,13H2,1-2H3. The Morgan fingerprint density at radius 2 is 2.33 bits per heavy atom. The van der Waals surface area contributed by atoms with Gasteiger partial charge in [-0.05, 0) is 12.5 Å². The first-order valence-corrected chi connectivity index (χ1v) is 5.05. The van der Waals surface area contributed by atoms with E-state index in [1.54, 1.807) is 12.3 Å². The Morgan fingerprint density at radius 1 is 1.60 bits per heavy atom. The first-order chi connectivity index (χ1) is 7.19. The lowest BCUT2D eigenvalue weighted by Crippen LogP contribution is -2.20. The summed E-state index contributed by atoms with van der Waals surface area (Å²) >= 11 is 0. The van der Waals surface area contributed by atoms with Gasteiger partial charge in [0.25, 0.3) is 0 Å². The fourth-order valence-electron chi connectivity index (χ4n) is 1.36. The monoisotopic (exact) mass is 204 g/mol. The van der Waals surface area contributed by atoms with Gasteiger partial charge >= 0.3 is 0 Å². The lowest BCUT2D eigenvalue weighted by molar-refractivity contribution is 0.760. The van der Waals surface area contributed by atoms with Gasteiger partial charge in [-0.1, -0.05) is 13.3 Å². The van der Waals surface area contributed by atoms with Crippen molar-refractivity contribution >= 4 is 11.5 Å². The minimum absolute atomic E-state index is 0.500. The summed E-state index contributed by atoms with van der Waals surface area (Å²) in [6.45, 7) is 3.07. The fourth-order valence-corrected chi connectivity index (χ4v) is 1.36. The molecule has 0 radical (unpaired) electrons. The van der Waals surface area contributed by atoms with Crippen LogP contribution in [0.3, 0.4) is 0 Å². The highest BCUT2D eigenvalue weighted by Gasteiger charge is 2.06. The highest BCUT2D eigenvalue weighted by molar-refractivity contribution is 5.64. The molecule has 0 aliphatic heterocycles. The highest BCUT2D eigenvalue weighted by Crippen LogP contribution is 2.19. The van der Waals surface area contributed by atoms with Crippen molar-refractivity contribution in [3.63, 3.8) is 0 Å². The van der Waals surface area contributed by atoms with Crippen LogP contribution in [0, 0.1) is 11.3 Å². The molecule has 0 spiro atoms. The molecule has 0 aromatic carbocycles. The van der Waals surface area contributed by atoms with Gasteiger partial charge in [0.05, 0.1) is 11.3 Å². The summed E-state index contributed by atoms with van der Waals surface area (Å²) < 4.78 is 0. The van der Waals surface area contributed by atoms with Crippen molar-refractivity contribution in [1.29, 1.82) is 5.26 Å². The summed E-state index contributed by atoms with van der Waals surface area (Å²) in [6.07, 6.45) is 3.80. The van der Waals surface area contributed by atoms with E-state index in [0.717, 1.165) is 25.2 Å². The average Bonchev–Trinajstić information content (AvgIpc) is 2.25. The van der Waals surface area contributed by atoms with Gasteiger partial charge < -0.3 is 10.6 Å². The molecule has 4 nitrogen and oxygen atoms in total. The van der Waals surface area contributed by atoms with Crippen LogP contribution in [0.25, 0.3) is 0 Å². The molecule has 0 amide bonds. The Bertz CT molecular complexity index is 367. The van der Waals surface area contributed by atoms with Crippen LogP contribution in [-0.4, -0.2) is 18.6 Å². The lowest BCUT2D eigenvalue weighted by Gasteiger charge is -2.19. The average molecular weight is 204 g/mol. The van der Waals surface area contributed by atoms with Gasteiger partial charge in [0.2, 0.25) is 0 Å². The third-order valence-corrected chi connectivity index (χ3v) is 2.23. The molecule has 2 N–H and O–H groups in total. The second-order valence-electron chi connectivity index (χ2n) is 3.52. The highest BCUT2D eigenvalue weighted by atomic mass is 15.2. The molecule has 1 aromatic heterocycles. The summed E-state index contributed by atoms with van der Waals surface area (Å²) in [5.74, 6) is 0.752. The van der Waals surface area contributed by atoms with E-state index >= 15 is 0 Å². The van der Waals surface area contributed by atoms with Gasteiger partial charge in [0, 0.05) is 19.8 Å². The molecule has 80 valence electrons. The maximum Gasteiger partial charge on any atom is 0.151 e. The van der Waals surface area contributed by atoms with E-state index in [2.05, 4.69) is 11.9 Å². The van der Waals surface area contributed by atoms with Crippen molar-refractivity contribution < 1.29 is 0 Å². The largest absolute Gasteiger partial charge is 0.396 e. The zero-order chi connectivity index (χ0) is 11.3. The van der Waals surface area contributed by atoms with Crippen LogP contribution in [0.5, 0.6) is 0 Å². The van der Waals surface area contributed by atoms with E-state index in [1.807, 2.05) is 18.0 Å². The molecular formula is C11H16N4. The molecule has 0 fully saturated rings. The van der Waals surface area contributed by atoms with Gasteiger partial charge in [-0.15, -0.1) is 0 Å². The molecule has 1 rings (SSSR count). The molecule has 1 aromatic rings. The van der Waals surface area contributed by atoms with Crippen LogP contribution in [0.1, 0.15) is 25.3 Å². The summed E-state index contributed by atoms with van der Waals surface area (Å²) in [5.41, 5.74) is 6.88. The molecule has 1 heterocycles. The minimum Gasteiger partial charge on any atom is -0.396 e. The first-order valence-electron chi connectivity index (χ1n) is 5.05. The maximum absolute atomic E-state index is 8.67. The van der Waals surface area contributed by atoms with Crippen LogP contribution >= 0.6 is 0 Å². The van der Waals surface area contributed by atoms with Gasteiger partial charge in [-0.25, -0.2) is 4.98 Å². The predicted octanol–water partition coefficient (Wildman–Crippen LogP) is 1.77. The number of nitrogen functional groups attached to an aromatic ring is 1. The zero-order valence-corrected chi connectivity index (χ0v) is 9.20. The van der Waals surface area contributed by atoms with Crippen LogP contribution in [-0.2, 0) is 0 Å². The van der Waals surface area contributed by atoms with E-state index in [-0.39, 0.29) is 0 Å². The Hall–Kier alpha value is -1.76. The Morgan fingerprint density at radius 3 is 2.87 bits per heavy atom. The second kappa shape index (κ2) is 5.20. The van der Waals surface area contributed by atoms with Crippen molar-refractivity contribution in [2.75, 3.05) is 24.2 Å². The number of nitriles is 1. The number of nitrogens with two attached hydrogens (primary N) is 1. The summed E-state index contributed by atoms with van der Waals surface area (Å²) in [7, 11) is 1.96. The van der Waals surface area contributed by atoms with E-state index < -0.39 is 0 Å². The number of hydrogen-bond acceptors (Lipinski definition) is 4. The quantitative estimate of drug-likeness (QED) is 0.811. The number of aromatic nitrogens is 1. The summed E-state index contributed by atoms with van der Waals surface area (Å²) in [4.78, 5) is 6.19. The Labute approximate surface area is 90.3 Å². The Balaban J connectivity index is 2.82. The van der Waals surface area contributed by atoms with E-state index in [0.29, 0.717) is 11.3 Å². The van der Waals surface area contributed by atoms with Gasteiger partial charge in [-0.2, -0.15) is 5.26 Å². The number of unbranched alkanes of at least 4 members (excludes halogenated alkanes) is 1. The first kappa shape index (κ1) is 11.3. The van der Waals surface area contributed by atoms with Crippen LogP contribution in [0.15, 0.2) is 12.3 Å². The van der Waals surface area contributed by atoms with Crippen molar-refractivity contribution in [3.8, 4) is 6.07 Å². The number of rotatable bonds is 4. The van der Waals surface area contributed by atoms with Gasteiger partial charge in [0.1, 0.15) is 6.07 Å². The third-order valence-electron chi connectivity index (χ3n) is 2.23. The zero-order valence-electron chi connectivity index (χ0n) is 9.20. The summed E-state index contributed by atoms with van der Waals surface area (Å²) in [6, 6.07) is 3.67. The molecule has 4 heteroatoms. The van der Waals surface area contributed by atoms with Crippen molar-refractivity contribution in [2.45, 2.75) is 19.8 Å². The van der Waals surface area contributed by atoms with Gasteiger partial charge in [-0.3, -0.25) is 0 Å². The van der Waals surface area contributed by atoms with Crippen LogP contribution < -0.4 is 10.6 Å². The van der Waals surface area contributed by atoms with E-state index in [9.17, 15) is 0 Å². The third kappa shape index (κ3) is 2.84. The minimum atomic E-state index is 0.500. The molecule has 15 heavy (non-hydrogen) atoms. The molecule has 0 unspecified atom stereocenters. The predicted molar refractivity (Wildman–Crippen MR) is 61.5 cm³/mol. The molecule has 0 atom stereocenters. The summed E-state index contributed by atoms with van der Waals surface area (Å²) in [5, 5.41) is 8.67. The number of pyridine rings is 1. The normalized spacial score (nSPS) is 9.67. The van der Waals surface area contributed by atoms with Crippen molar-refractivity contribution in [3.05, 3.63) is 17.8 Å². The van der Waals surface area contributed by atoms with E-state index in [4.69, 9.17) is 11.0 Å². The van der Waals surface area contributed by atoms with Crippen LogP contribution in [0.2, 0.25) is 0 Å². The number of anilines is 2. The molecule has 0 aliphatic rings. The topological polar surface area (TPSA) is 65.9 Å². The lowest BCUT2D eigenvalue weighted by atomic mass is 10.2. The number of hydrogen-bond donors (Lipinski definition) is 1.